The lowest BCUT2D eigenvalue weighted by Gasteiger charge is -2.32. The van der Waals surface area contributed by atoms with E-state index < -0.39 is 0 Å². The van der Waals surface area contributed by atoms with Gasteiger partial charge in [-0.3, -0.25) is 4.79 Å². The quantitative estimate of drug-likeness (QED) is 0.731. The molecule has 0 radical (unpaired) electrons. The van der Waals surface area contributed by atoms with Gasteiger partial charge in [-0.1, -0.05) is 6.92 Å². The molecular weight excluding hydrogens is 202 g/mol. The van der Waals surface area contributed by atoms with Crippen molar-refractivity contribution in [1.82, 2.24) is 10.2 Å². The first-order chi connectivity index (χ1) is 7.70. The number of nitrogens with zero attached hydrogens (tertiary/aromatic N) is 1. The molecule has 3 N–H and O–H groups in total. The first kappa shape index (κ1) is 11.9. The Bertz CT molecular complexity index is 245. The molecule has 1 atom stereocenters. The molecule has 2 fully saturated rings. The van der Waals surface area contributed by atoms with Crippen molar-refractivity contribution >= 4 is 5.91 Å². The van der Waals surface area contributed by atoms with Crippen LogP contribution in [-0.4, -0.2) is 42.0 Å². The number of piperidine rings is 1. The Balaban J connectivity index is 1.70. The molecule has 2 aliphatic rings. The van der Waals surface area contributed by atoms with Gasteiger partial charge in [-0.25, -0.2) is 0 Å². The number of hydrogen-bond acceptors (Lipinski definition) is 3. The zero-order valence-corrected chi connectivity index (χ0v) is 10.1. The fourth-order valence-electron chi connectivity index (χ4n) is 2.34. The van der Waals surface area contributed by atoms with Gasteiger partial charge in [0.1, 0.15) is 0 Å². The summed E-state index contributed by atoms with van der Waals surface area (Å²) in [5.41, 5.74) is 5.70. The molecule has 0 aromatic rings. The standard InChI is InChI=1S/C12H23N3O/c1-2-11(13)12(16)14-9-5-7-15(8-6-9)10-3-4-10/h9-11H,2-8,13H2,1H3,(H,14,16)/t11-/m0/s1. The van der Waals surface area contributed by atoms with Crippen molar-refractivity contribution < 1.29 is 4.79 Å². The molecular formula is C12H23N3O. The van der Waals surface area contributed by atoms with Crippen molar-refractivity contribution in [1.29, 1.82) is 0 Å². The maximum absolute atomic E-state index is 11.6. The highest BCUT2D eigenvalue weighted by molar-refractivity contribution is 5.81. The van der Waals surface area contributed by atoms with Crippen LogP contribution in [0, 0.1) is 0 Å². The Labute approximate surface area is 97.6 Å². The van der Waals surface area contributed by atoms with Crippen molar-refractivity contribution in [3.05, 3.63) is 0 Å². The molecule has 16 heavy (non-hydrogen) atoms. The Hall–Kier alpha value is -0.610. The monoisotopic (exact) mass is 225 g/mol. The number of rotatable bonds is 4. The van der Waals surface area contributed by atoms with E-state index in [1.807, 2.05) is 6.92 Å². The zero-order chi connectivity index (χ0) is 11.5. The van der Waals surface area contributed by atoms with E-state index >= 15 is 0 Å². The van der Waals surface area contributed by atoms with Crippen LogP contribution in [0.4, 0.5) is 0 Å². The van der Waals surface area contributed by atoms with Gasteiger partial charge in [-0.15, -0.1) is 0 Å². The van der Waals surface area contributed by atoms with Crippen LogP contribution in [-0.2, 0) is 4.79 Å². The molecule has 2 rings (SSSR count). The molecule has 4 heteroatoms. The summed E-state index contributed by atoms with van der Waals surface area (Å²) < 4.78 is 0. The number of likely N-dealkylation sites (tertiary alicyclic amines) is 1. The fourth-order valence-corrected chi connectivity index (χ4v) is 2.34. The summed E-state index contributed by atoms with van der Waals surface area (Å²) in [6, 6.07) is 0.871. The molecule has 1 aliphatic carbocycles. The first-order valence-electron chi connectivity index (χ1n) is 6.50. The molecule has 0 unspecified atom stereocenters. The van der Waals surface area contributed by atoms with Gasteiger partial charge in [0.2, 0.25) is 5.91 Å². The Morgan fingerprint density at radius 1 is 1.38 bits per heavy atom. The molecule has 0 aromatic carbocycles. The molecule has 1 heterocycles. The van der Waals surface area contributed by atoms with E-state index in [2.05, 4.69) is 10.2 Å². The normalized spacial score (nSPS) is 25.4. The third kappa shape index (κ3) is 2.95. The van der Waals surface area contributed by atoms with Crippen LogP contribution in [0.1, 0.15) is 39.0 Å². The van der Waals surface area contributed by atoms with Crippen LogP contribution in [0.5, 0.6) is 0 Å². The number of carbonyl (C=O) groups is 1. The predicted octanol–water partition coefficient (Wildman–Crippen LogP) is 0.467. The van der Waals surface area contributed by atoms with Crippen LogP contribution in [0.15, 0.2) is 0 Å². The predicted molar refractivity (Wildman–Crippen MR) is 64.0 cm³/mol. The largest absolute Gasteiger partial charge is 0.352 e. The highest BCUT2D eigenvalue weighted by Gasteiger charge is 2.32. The van der Waals surface area contributed by atoms with Crippen molar-refractivity contribution in [2.45, 2.75) is 57.2 Å². The van der Waals surface area contributed by atoms with Gasteiger partial charge in [0.05, 0.1) is 6.04 Å². The van der Waals surface area contributed by atoms with E-state index in [-0.39, 0.29) is 11.9 Å². The van der Waals surface area contributed by atoms with Gasteiger partial charge >= 0.3 is 0 Å². The van der Waals surface area contributed by atoms with E-state index in [9.17, 15) is 4.79 Å². The minimum Gasteiger partial charge on any atom is -0.352 e. The summed E-state index contributed by atoms with van der Waals surface area (Å²) in [6.07, 6.45) is 5.62. The summed E-state index contributed by atoms with van der Waals surface area (Å²) in [5, 5.41) is 3.06. The molecule has 1 amide bonds. The van der Waals surface area contributed by atoms with Gasteiger partial charge in [0, 0.05) is 25.2 Å². The second kappa shape index (κ2) is 5.15. The van der Waals surface area contributed by atoms with Crippen molar-refractivity contribution in [3.8, 4) is 0 Å². The third-order valence-corrected chi connectivity index (χ3v) is 3.72. The van der Waals surface area contributed by atoms with Crippen LogP contribution in [0.25, 0.3) is 0 Å². The first-order valence-corrected chi connectivity index (χ1v) is 6.50. The lowest BCUT2D eigenvalue weighted by atomic mass is 10.0. The minimum absolute atomic E-state index is 0.0207. The smallest absolute Gasteiger partial charge is 0.237 e. The second-order valence-electron chi connectivity index (χ2n) is 5.06. The molecule has 1 saturated carbocycles. The van der Waals surface area contributed by atoms with Gasteiger partial charge < -0.3 is 16.0 Å². The van der Waals surface area contributed by atoms with Crippen molar-refractivity contribution in [2.24, 2.45) is 5.73 Å². The maximum Gasteiger partial charge on any atom is 0.237 e. The number of amides is 1. The van der Waals surface area contributed by atoms with Gasteiger partial charge in [-0.05, 0) is 32.1 Å². The zero-order valence-electron chi connectivity index (χ0n) is 10.1. The van der Waals surface area contributed by atoms with Gasteiger partial charge in [0.15, 0.2) is 0 Å². The number of hydrogen-bond donors (Lipinski definition) is 2. The molecule has 1 saturated heterocycles. The Morgan fingerprint density at radius 2 is 2.00 bits per heavy atom. The lowest BCUT2D eigenvalue weighted by molar-refractivity contribution is -0.123. The fraction of sp³-hybridized carbons (Fsp3) is 0.917. The van der Waals surface area contributed by atoms with Crippen LogP contribution in [0.2, 0.25) is 0 Å². The van der Waals surface area contributed by atoms with E-state index in [0.717, 1.165) is 32.0 Å². The average molecular weight is 225 g/mol. The van der Waals surface area contributed by atoms with Gasteiger partial charge in [-0.2, -0.15) is 0 Å². The molecule has 0 spiro atoms. The summed E-state index contributed by atoms with van der Waals surface area (Å²) in [4.78, 5) is 14.2. The van der Waals surface area contributed by atoms with E-state index in [4.69, 9.17) is 5.73 Å². The topological polar surface area (TPSA) is 58.4 Å². The number of nitrogens with two attached hydrogens (primary N) is 1. The molecule has 4 nitrogen and oxygen atoms in total. The maximum atomic E-state index is 11.6. The molecule has 92 valence electrons. The average Bonchev–Trinajstić information content (AvgIpc) is 3.13. The highest BCUT2D eigenvalue weighted by Crippen LogP contribution is 2.29. The van der Waals surface area contributed by atoms with Crippen LogP contribution in [0.3, 0.4) is 0 Å². The Kier molecular flexibility index (Phi) is 3.82. The van der Waals surface area contributed by atoms with E-state index in [1.165, 1.54) is 12.8 Å². The highest BCUT2D eigenvalue weighted by atomic mass is 16.2. The summed E-state index contributed by atoms with van der Waals surface area (Å²) >= 11 is 0. The minimum atomic E-state index is -0.332. The lowest BCUT2D eigenvalue weighted by Crippen LogP contribution is -2.49. The van der Waals surface area contributed by atoms with Crippen LogP contribution >= 0.6 is 0 Å². The SMILES string of the molecule is CC[C@H](N)C(=O)NC1CCN(C2CC2)CC1. The van der Waals surface area contributed by atoms with Crippen LogP contribution < -0.4 is 11.1 Å². The number of carbonyl (C=O) groups excluding carboxylic acids is 1. The molecule has 0 bridgehead atoms. The Morgan fingerprint density at radius 3 is 2.50 bits per heavy atom. The summed E-state index contributed by atoms with van der Waals surface area (Å²) in [7, 11) is 0. The second-order valence-corrected chi connectivity index (χ2v) is 5.06. The molecule has 1 aliphatic heterocycles. The summed E-state index contributed by atoms with van der Waals surface area (Å²) in [5.74, 6) is 0.0207. The summed E-state index contributed by atoms with van der Waals surface area (Å²) in [6.45, 7) is 4.22. The number of nitrogens with one attached hydrogen (secondary N) is 1. The molecule has 0 aromatic heterocycles. The van der Waals surface area contributed by atoms with E-state index in [1.54, 1.807) is 0 Å². The van der Waals surface area contributed by atoms with Crippen molar-refractivity contribution in [3.63, 3.8) is 0 Å². The van der Waals surface area contributed by atoms with Gasteiger partial charge in [0.25, 0.3) is 0 Å². The third-order valence-electron chi connectivity index (χ3n) is 3.72. The van der Waals surface area contributed by atoms with E-state index in [0.29, 0.717) is 12.5 Å². The van der Waals surface area contributed by atoms with Crippen molar-refractivity contribution in [2.75, 3.05) is 13.1 Å².